The second kappa shape index (κ2) is 5.13. The van der Waals surface area contributed by atoms with Gasteiger partial charge in [0.15, 0.2) is 0 Å². The summed E-state index contributed by atoms with van der Waals surface area (Å²) in [4.78, 5) is 2.84. The van der Waals surface area contributed by atoms with Gasteiger partial charge in [-0.05, 0) is 36.3 Å². The smallest absolute Gasteiger partial charge is 0.0490 e. The van der Waals surface area contributed by atoms with E-state index in [4.69, 9.17) is 0 Å². The number of aryl methyl sites for hydroxylation is 1. The van der Waals surface area contributed by atoms with Crippen LogP contribution in [0.1, 0.15) is 37.4 Å². The number of thiophene rings is 1. The van der Waals surface area contributed by atoms with Crippen LogP contribution >= 0.6 is 11.3 Å². The van der Waals surface area contributed by atoms with E-state index in [0.717, 1.165) is 12.8 Å². The van der Waals surface area contributed by atoms with E-state index < -0.39 is 0 Å². The van der Waals surface area contributed by atoms with Crippen LogP contribution in [0.15, 0.2) is 12.1 Å². The molecule has 1 unspecified atom stereocenters. The average molecular weight is 226 g/mol. The molecule has 86 valence electrons. The molecule has 0 spiro atoms. The lowest BCUT2D eigenvalue weighted by Gasteiger charge is -2.31. The standard InChI is InChI=1S/C13H22OS/c1-5-11-6-7-12(15-11)8-13(4,9-14)10(2)3/h6-7,10,14H,5,8-9H2,1-4H3. The van der Waals surface area contributed by atoms with E-state index >= 15 is 0 Å². The third-order valence-electron chi connectivity index (χ3n) is 3.40. The molecule has 0 aliphatic rings. The molecule has 0 fully saturated rings. The van der Waals surface area contributed by atoms with Gasteiger partial charge in [-0.3, -0.25) is 0 Å². The van der Waals surface area contributed by atoms with Crippen molar-refractivity contribution in [3.05, 3.63) is 21.9 Å². The Balaban J connectivity index is 2.74. The minimum Gasteiger partial charge on any atom is -0.396 e. The van der Waals surface area contributed by atoms with Gasteiger partial charge < -0.3 is 5.11 Å². The van der Waals surface area contributed by atoms with Crippen molar-refractivity contribution in [2.75, 3.05) is 6.61 Å². The molecule has 0 radical (unpaired) electrons. The molecule has 1 rings (SSSR count). The van der Waals surface area contributed by atoms with Gasteiger partial charge in [0.25, 0.3) is 0 Å². The maximum absolute atomic E-state index is 9.49. The number of aliphatic hydroxyl groups excluding tert-OH is 1. The molecule has 0 amide bonds. The highest BCUT2D eigenvalue weighted by Crippen LogP contribution is 2.33. The van der Waals surface area contributed by atoms with Crippen LogP contribution < -0.4 is 0 Å². The third kappa shape index (κ3) is 3.05. The Labute approximate surface area is 97.2 Å². The van der Waals surface area contributed by atoms with Crippen molar-refractivity contribution in [1.29, 1.82) is 0 Å². The maximum Gasteiger partial charge on any atom is 0.0490 e. The summed E-state index contributed by atoms with van der Waals surface area (Å²) in [5.41, 5.74) is 0.0237. The molecule has 0 aromatic carbocycles. The van der Waals surface area contributed by atoms with Gasteiger partial charge in [-0.25, -0.2) is 0 Å². The monoisotopic (exact) mass is 226 g/mol. The van der Waals surface area contributed by atoms with E-state index in [2.05, 4.69) is 39.8 Å². The highest BCUT2D eigenvalue weighted by atomic mass is 32.1. The maximum atomic E-state index is 9.49. The first-order valence-electron chi connectivity index (χ1n) is 5.70. The Kier molecular flexibility index (Phi) is 4.35. The topological polar surface area (TPSA) is 20.2 Å². The summed E-state index contributed by atoms with van der Waals surface area (Å²) >= 11 is 1.88. The normalized spacial score (nSPS) is 15.6. The fraction of sp³-hybridized carbons (Fsp3) is 0.692. The van der Waals surface area contributed by atoms with E-state index in [0.29, 0.717) is 5.92 Å². The van der Waals surface area contributed by atoms with Crippen LogP contribution in [-0.2, 0) is 12.8 Å². The summed E-state index contributed by atoms with van der Waals surface area (Å²) < 4.78 is 0. The lowest BCUT2D eigenvalue weighted by atomic mass is 9.77. The highest BCUT2D eigenvalue weighted by Gasteiger charge is 2.28. The quantitative estimate of drug-likeness (QED) is 0.814. The zero-order chi connectivity index (χ0) is 11.5. The summed E-state index contributed by atoms with van der Waals surface area (Å²) in [6.07, 6.45) is 2.11. The highest BCUT2D eigenvalue weighted by molar-refractivity contribution is 7.11. The third-order valence-corrected chi connectivity index (χ3v) is 4.63. The Hall–Kier alpha value is -0.340. The molecular formula is C13H22OS. The van der Waals surface area contributed by atoms with Crippen molar-refractivity contribution >= 4 is 11.3 Å². The Morgan fingerprint density at radius 1 is 1.33 bits per heavy atom. The number of hydrogen-bond acceptors (Lipinski definition) is 2. The van der Waals surface area contributed by atoms with Gasteiger partial charge in [-0.1, -0.05) is 27.7 Å². The molecule has 15 heavy (non-hydrogen) atoms. The first kappa shape index (κ1) is 12.7. The molecule has 1 aromatic heterocycles. The summed E-state index contributed by atoms with van der Waals surface area (Å²) in [5.74, 6) is 0.509. The first-order valence-corrected chi connectivity index (χ1v) is 6.52. The number of rotatable bonds is 5. The van der Waals surface area contributed by atoms with Crippen molar-refractivity contribution < 1.29 is 5.11 Å². The van der Waals surface area contributed by atoms with Crippen LogP contribution in [0.3, 0.4) is 0 Å². The fourth-order valence-electron chi connectivity index (χ4n) is 1.55. The second-order valence-electron chi connectivity index (χ2n) is 4.87. The molecule has 1 aromatic rings. The Morgan fingerprint density at radius 2 is 1.93 bits per heavy atom. The zero-order valence-corrected chi connectivity index (χ0v) is 11.0. The van der Waals surface area contributed by atoms with Crippen LogP contribution in [0.4, 0.5) is 0 Å². The average Bonchev–Trinajstić information content (AvgIpc) is 2.65. The molecule has 2 heteroatoms. The van der Waals surface area contributed by atoms with Gasteiger partial charge in [-0.2, -0.15) is 0 Å². The van der Waals surface area contributed by atoms with Gasteiger partial charge in [0, 0.05) is 16.4 Å². The number of hydrogen-bond donors (Lipinski definition) is 1. The molecule has 1 atom stereocenters. The van der Waals surface area contributed by atoms with Crippen LogP contribution in [-0.4, -0.2) is 11.7 Å². The van der Waals surface area contributed by atoms with Crippen LogP contribution in [0.25, 0.3) is 0 Å². The molecule has 1 nitrogen and oxygen atoms in total. The van der Waals surface area contributed by atoms with Crippen molar-refractivity contribution in [1.82, 2.24) is 0 Å². The summed E-state index contributed by atoms with van der Waals surface area (Å²) in [7, 11) is 0. The van der Waals surface area contributed by atoms with Gasteiger partial charge >= 0.3 is 0 Å². The van der Waals surface area contributed by atoms with Crippen LogP contribution in [0.2, 0.25) is 0 Å². The molecule has 1 heterocycles. The lowest BCUT2D eigenvalue weighted by Crippen LogP contribution is -2.30. The zero-order valence-electron chi connectivity index (χ0n) is 10.2. The fourth-order valence-corrected chi connectivity index (χ4v) is 2.70. The van der Waals surface area contributed by atoms with E-state index in [1.54, 1.807) is 0 Å². The molecular weight excluding hydrogens is 204 g/mol. The molecule has 0 aliphatic carbocycles. The van der Waals surface area contributed by atoms with E-state index in [1.165, 1.54) is 9.75 Å². The lowest BCUT2D eigenvalue weighted by molar-refractivity contribution is 0.0956. The van der Waals surface area contributed by atoms with Gasteiger partial charge in [0.05, 0.1) is 0 Å². The summed E-state index contributed by atoms with van der Waals surface area (Å²) in [6.45, 7) is 8.99. The van der Waals surface area contributed by atoms with Crippen molar-refractivity contribution in [2.45, 2.75) is 40.5 Å². The predicted molar refractivity (Wildman–Crippen MR) is 67.4 cm³/mol. The first-order chi connectivity index (χ1) is 7.01. The predicted octanol–water partition coefficient (Wildman–Crippen LogP) is 3.51. The van der Waals surface area contributed by atoms with Crippen molar-refractivity contribution in [3.63, 3.8) is 0 Å². The molecule has 0 saturated heterocycles. The van der Waals surface area contributed by atoms with Crippen molar-refractivity contribution in [2.24, 2.45) is 11.3 Å². The molecule has 0 aliphatic heterocycles. The summed E-state index contributed by atoms with van der Waals surface area (Å²) in [6, 6.07) is 4.41. The molecule has 0 saturated carbocycles. The van der Waals surface area contributed by atoms with E-state index in [-0.39, 0.29) is 12.0 Å². The Bertz CT molecular complexity index is 303. The number of aliphatic hydroxyl groups is 1. The Morgan fingerprint density at radius 3 is 2.33 bits per heavy atom. The van der Waals surface area contributed by atoms with Crippen LogP contribution in [0.5, 0.6) is 0 Å². The van der Waals surface area contributed by atoms with Gasteiger partial charge in [-0.15, -0.1) is 11.3 Å². The minimum atomic E-state index is 0.0237. The summed E-state index contributed by atoms with van der Waals surface area (Å²) in [5, 5.41) is 9.49. The van der Waals surface area contributed by atoms with Gasteiger partial charge in [0.1, 0.15) is 0 Å². The molecule has 1 N–H and O–H groups in total. The minimum absolute atomic E-state index is 0.0237. The largest absolute Gasteiger partial charge is 0.396 e. The van der Waals surface area contributed by atoms with Crippen molar-refractivity contribution in [3.8, 4) is 0 Å². The SMILES string of the molecule is CCc1ccc(CC(C)(CO)C(C)C)s1. The molecule has 0 bridgehead atoms. The van der Waals surface area contributed by atoms with Crippen LogP contribution in [0, 0.1) is 11.3 Å². The van der Waals surface area contributed by atoms with E-state index in [1.807, 2.05) is 11.3 Å². The van der Waals surface area contributed by atoms with Gasteiger partial charge in [0.2, 0.25) is 0 Å². The van der Waals surface area contributed by atoms with E-state index in [9.17, 15) is 5.11 Å². The second-order valence-corrected chi connectivity index (χ2v) is 6.12.